The van der Waals surface area contributed by atoms with E-state index in [4.69, 9.17) is 21.9 Å². The van der Waals surface area contributed by atoms with Gasteiger partial charge in [-0.05, 0) is 31.9 Å². The van der Waals surface area contributed by atoms with E-state index >= 15 is 0 Å². The quantitative estimate of drug-likeness (QED) is 0.851. The summed E-state index contributed by atoms with van der Waals surface area (Å²) < 4.78 is 18.8. The lowest BCUT2D eigenvalue weighted by Gasteiger charge is -2.30. The van der Waals surface area contributed by atoms with Crippen molar-refractivity contribution in [3.05, 3.63) is 40.3 Å². The summed E-state index contributed by atoms with van der Waals surface area (Å²) in [4.78, 5) is 18.4. The molecule has 2 heterocycles. The summed E-state index contributed by atoms with van der Waals surface area (Å²) in [6, 6.07) is 2.49. The summed E-state index contributed by atoms with van der Waals surface area (Å²) in [5.74, 6) is 0.332. The minimum Gasteiger partial charge on any atom is -0.396 e. The Hall–Kier alpha value is -2.15. The van der Waals surface area contributed by atoms with Crippen LogP contribution in [0.4, 0.5) is 10.1 Å². The average Bonchev–Trinajstić information content (AvgIpc) is 2.97. The van der Waals surface area contributed by atoms with Crippen LogP contribution >= 0.6 is 11.6 Å². The van der Waals surface area contributed by atoms with Crippen molar-refractivity contribution in [2.75, 3.05) is 18.8 Å². The van der Waals surface area contributed by atoms with Gasteiger partial charge in [0.05, 0.1) is 11.3 Å². The van der Waals surface area contributed by atoms with E-state index < -0.39 is 5.82 Å². The van der Waals surface area contributed by atoms with Crippen LogP contribution in [0.3, 0.4) is 0 Å². The minimum atomic E-state index is -0.683. The molecule has 1 aliphatic heterocycles. The SMILES string of the molecule is Cc1noc(C2CCN(C(=O)c3cc(Cl)cc(F)c3N)CC2)n1. The number of benzene rings is 1. The molecular weight excluding hydrogens is 323 g/mol. The number of hydrogen-bond acceptors (Lipinski definition) is 5. The van der Waals surface area contributed by atoms with Crippen molar-refractivity contribution in [1.82, 2.24) is 15.0 Å². The van der Waals surface area contributed by atoms with Crippen molar-refractivity contribution in [2.45, 2.75) is 25.7 Å². The highest BCUT2D eigenvalue weighted by molar-refractivity contribution is 6.31. The number of likely N-dealkylation sites (tertiary alicyclic amines) is 1. The van der Waals surface area contributed by atoms with Gasteiger partial charge >= 0.3 is 0 Å². The zero-order chi connectivity index (χ0) is 16.6. The maximum Gasteiger partial charge on any atom is 0.256 e. The Balaban J connectivity index is 1.71. The van der Waals surface area contributed by atoms with Gasteiger partial charge in [-0.15, -0.1) is 0 Å². The van der Waals surface area contributed by atoms with Crippen LogP contribution in [-0.2, 0) is 0 Å². The van der Waals surface area contributed by atoms with Crippen LogP contribution in [0.15, 0.2) is 16.7 Å². The van der Waals surface area contributed by atoms with E-state index in [1.165, 1.54) is 6.07 Å². The smallest absolute Gasteiger partial charge is 0.256 e. The second kappa shape index (κ2) is 6.16. The fourth-order valence-corrected chi connectivity index (χ4v) is 2.95. The first-order chi connectivity index (χ1) is 11.0. The first-order valence-electron chi connectivity index (χ1n) is 7.29. The zero-order valence-corrected chi connectivity index (χ0v) is 13.3. The number of piperidine rings is 1. The number of anilines is 1. The van der Waals surface area contributed by atoms with E-state index in [2.05, 4.69) is 10.1 Å². The number of rotatable bonds is 2. The molecule has 2 aromatic rings. The molecule has 0 unspecified atom stereocenters. The zero-order valence-electron chi connectivity index (χ0n) is 12.6. The molecule has 0 aliphatic carbocycles. The molecule has 1 amide bonds. The van der Waals surface area contributed by atoms with Crippen LogP contribution in [-0.4, -0.2) is 34.0 Å². The second-order valence-electron chi connectivity index (χ2n) is 5.60. The second-order valence-corrected chi connectivity index (χ2v) is 6.03. The van der Waals surface area contributed by atoms with Crippen LogP contribution in [0.1, 0.15) is 40.8 Å². The highest BCUT2D eigenvalue weighted by atomic mass is 35.5. The molecule has 1 aromatic heterocycles. The summed E-state index contributed by atoms with van der Waals surface area (Å²) in [6.07, 6.45) is 1.41. The van der Waals surface area contributed by atoms with E-state index in [9.17, 15) is 9.18 Å². The van der Waals surface area contributed by atoms with Gasteiger partial charge in [0.1, 0.15) is 5.82 Å². The minimum absolute atomic E-state index is 0.0992. The fourth-order valence-electron chi connectivity index (χ4n) is 2.74. The van der Waals surface area contributed by atoms with Crippen molar-refractivity contribution >= 4 is 23.2 Å². The van der Waals surface area contributed by atoms with Gasteiger partial charge in [-0.3, -0.25) is 4.79 Å². The predicted octanol–water partition coefficient (Wildman–Crippen LogP) is 2.77. The largest absolute Gasteiger partial charge is 0.396 e. The molecule has 0 spiro atoms. The maximum atomic E-state index is 13.6. The number of nitrogens with zero attached hydrogens (tertiary/aromatic N) is 3. The molecule has 1 aromatic carbocycles. The Morgan fingerprint density at radius 2 is 2.13 bits per heavy atom. The fraction of sp³-hybridized carbons (Fsp3) is 0.400. The Labute approximate surface area is 137 Å². The number of amides is 1. The van der Waals surface area contributed by atoms with Gasteiger partial charge < -0.3 is 15.2 Å². The Morgan fingerprint density at radius 1 is 1.43 bits per heavy atom. The number of aromatic nitrogens is 2. The molecule has 8 heteroatoms. The number of carbonyl (C=O) groups is 1. The summed E-state index contributed by atoms with van der Waals surface area (Å²) in [7, 11) is 0. The number of halogens is 2. The summed E-state index contributed by atoms with van der Waals surface area (Å²) in [6.45, 7) is 2.79. The van der Waals surface area contributed by atoms with E-state index in [0.29, 0.717) is 37.6 Å². The maximum absolute atomic E-state index is 13.6. The highest BCUT2D eigenvalue weighted by Gasteiger charge is 2.29. The molecule has 1 saturated heterocycles. The first-order valence-corrected chi connectivity index (χ1v) is 7.67. The van der Waals surface area contributed by atoms with Crippen molar-refractivity contribution in [3.63, 3.8) is 0 Å². The van der Waals surface area contributed by atoms with Crippen molar-refractivity contribution in [3.8, 4) is 0 Å². The van der Waals surface area contributed by atoms with Gasteiger partial charge in [0.15, 0.2) is 5.82 Å². The molecule has 0 atom stereocenters. The number of aryl methyl sites for hydroxylation is 1. The molecular formula is C15H16ClFN4O2. The van der Waals surface area contributed by atoms with Gasteiger partial charge in [0.25, 0.3) is 5.91 Å². The van der Waals surface area contributed by atoms with E-state index in [1.807, 2.05) is 0 Å². The monoisotopic (exact) mass is 338 g/mol. The Morgan fingerprint density at radius 3 is 2.74 bits per heavy atom. The summed E-state index contributed by atoms with van der Waals surface area (Å²) in [5.41, 5.74) is 5.59. The van der Waals surface area contributed by atoms with Crippen molar-refractivity contribution < 1.29 is 13.7 Å². The van der Waals surface area contributed by atoms with Gasteiger partial charge in [0.2, 0.25) is 5.89 Å². The van der Waals surface area contributed by atoms with Gasteiger partial charge in [-0.25, -0.2) is 4.39 Å². The lowest BCUT2D eigenvalue weighted by atomic mass is 9.96. The molecule has 6 nitrogen and oxygen atoms in total. The predicted molar refractivity (Wildman–Crippen MR) is 82.7 cm³/mol. The third-order valence-corrected chi connectivity index (χ3v) is 4.22. The first kappa shape index (κ1) is 15.7. The van der Waals surface area contributed by atoms with Gasteiger partial charge in [-0.2, -0.15) is 4.98 Å². The number of carbonyl (C=O) groups excluding carboxylic acids is 1. The van der Waals surface area contributed by atoms with Crippen LogP contribution < -0.4 is 5.73 Å². The summed E-state index contributed by atoms with van der Waals surface area (Å²) >= 11 is 5.82. The molecule has 1 aliphatic rings. The molecule has 0 bridgehead atoms. The van der Waals surface area contributed by atoms with E-state index in [0.717, 1.165) is 6.07 Å². The van der Waals surface area contributed by atoms with Gasteiger partial charge in [0, 0.05) is 24.0 Å². The number of hydrogen-bond donors (Lipinski definition) is 1. The topological polar surface area (TPSA) is 85.2 Å². The Bertz CT molecular complexity index is 741. The van der Waals surface area contributed by atoms with Crippen molar-refractivity contribution in [1.29, 1.82) is 0 Å². The standard InChI is InChI=1S/C15H16ClFN4O2/c1-8-19-14(23-20-8)9-2-4-21(5-3-9)15(22)11-6-10(16)7-12(17)13(11)18/h6-7,9H,2-5,18H2,1H3. The third kappa shape index (κ3) is 3.14. The molecule has 2 N–H and O–H groups in total. The lowest BCUT2D eigenvalue weighted by Crippen LogP contribution is -2.38. The van der Waals surface area contributed by atoms with Crippen LogP contribution in [0, 0.1) is 12.7 Å². The number of nitrogens with two attached hydrogens (primary N) is 1. The Kier molecular flexibility index (Phi) is 4.21. The summed E-state index contributed by atoms with van der Waals surface area (Å²) in [5, 5.41) is 3.93. The highest BCUT2D eigenvalue weighted by Crippen LogP contribution is 2.29. The van der Waals surface area contributed by atoms with Gasteiger partial charge in [-0.1, -0.05) is 16.8 Å². The third-order valence-electron chi connectivity index (χ3n) is 4.00. The van der Waals surface area contributed by atoms with Crippen molar-refractivity contribution in [2.24, 2.45) is 0 Å². The van der Waals surface area contributed by atoms with Crippen LogP contribution in [0.2, 0.25) is 5.02 Å². The molecule has 1 fully saturated rings. The molecule has 3 rings (SSSR count). The average molecular weight is 339 g/mol. The van der Waals surface area contributed by atoms with Crippen LogP contribution in [0.25, 0.3) is 0 Å². The van der Waals surface area contributed by atoms with E-state index in [-0.39, 0.29) is 28.1 Å². The number of nitrogen functional groups attached to an aromatic ring is 1. The molecule has 0 saturated carbocycles. The van der Waals surface area contributed by atoms with E-state index in [1.54, 1.807) is 11.8 Å². The normalized spacial score (nSPS) is 15.9. The molecule has 122 valence electrons. The van der Waals surface area contributed by atoms with Crippen LogP contribution in [0.5, 0.6) is 0 Å². The molecule has 0 radical (unpaired) electrons. The lowest BCUT2D eigenvalue weighted by molar-refractivity contribution is 0.0705. The molecule has 23 heavy (non-hydrogen) atoms.